The lowest BCUT2D eigenvalue weighted by Gasteiger charge is -2.41. The number of benzene rings is 12. The van der Waals surface area contributed by atoms with Crippen LogP contribution in [0.5, 0.6) is 23.0 Å². The molecule has 0 spiro atoms. The van der Waals surface area contributed by atoms with Gasteiger partial charge in [0.1, 0.15) is 34.2 Å². The third-order valence-electron chi connectivity index (χ3n) is 16.8. The van der Waals surface area contributed by atoms with Gasteiger partial charge in [0.2, 0.25) is 0 Å². The third-order valence-corrected chi connectivity index (χ3v) is 16.8. The highest BCUT2D eigenvalue weighted by molar-refractivity contribution is 7.00. The monoisotopic (exact) mass is 1060 g/mol. The van der Waals surface area contributed by atoms with E-state index in [1.54, 1.807) is 0 Å². The second-order valence-electron chi connectivity index (χ2n) is 21.5. The molecule has 4 aliphatic rings. The summed E-state index contributed by atoms with van der Waals surface area (Å²) in [5.74, 6) is 2.70. The minimum absolute atomic E-state index is 0.123. The Labute approximate surface area is 479 Å². The molecule has 10 heteroatoms. The van der Waals surface area contributed by atoms with E-state index in [1.165, 1.54) is 0 Å². The van der Waals surface area contributed by atoms with Crippen molar-refractivity contribution in [3.8, 4) is 23.0 Å². The molecule has 0 saturated heterocycles. The van der Waals surface area contributed by atoms with Gasteiger partial charge < -0.3 is 33.5 Å². The van der Waals surface area contributed by atoms with Gasteiger partial charge in [0.25, 0.3) is 13.4 Å². The third kappa shape index (κ3) is 7.32. The maximum atomic E-state index is 15.7. The summed E-state index contributed by atoms with van der Waals surface area (Å²) in [6.07, 6.45) is 0. The normalized spacial score (nSPS) is 13.0. The molecular formula is C73H46B2N4O4. The largest absolute Gasteiger partial charge is 0.458 e. The highest BCUT2D eigenvalue weighted by Crippen LogP contribution is 2.48. The number of hydrogen-bond acceptors (Lipinski definition) is 8. The fourth-order valence-corrected chi connectivity index (χ4v) is 13.4. The molecule has 0 unspecified atom stereocenters. The zero-order valence-electron chi connectivity index (χ0n) is 44.6. The van der Waals surface area contributed by atoms with Crippen LogP contribution in [0.1, 0.15) is 0 Å². The van der Waals surface area contributed by atoms with Crippen LogP contribution in [-0.2, 0) is 0 Å². The van der Waals surface area contributed by atoms with Gasteiger partial charge in [-0.1, -0.05) is 146 Å². The maximum Gasteiger partial charge on any atom is 0.256 e. The first-order valence-corrected chi connectivity index (χ1v) is 28.1. The predicted molar refractivity (Wildman–Crippen MR) is 341 cm³/mol. The molecule has 12 aromatic carbocycles. The number of fused-ring (bicyclic) bond motifs is 10. The van der Waals surface area contributed by atoms with Gasteiger partial charge in [-0.25, -0.2) is 0 Å². The summed E-state index contributed by atoms with van der Waals surface area (Å²) < 4.78 is 21.5. The molecule has 0 radical (unpaired) electrons. The number of nitrogens with zero attached hydrogens (tertiary/aromatic N) is 4. The van der Waals surface area contributed by atoms with Gasteiger partial charge in [-0.15, -0.1) is 0 Å². The summed E-state index contributed by atoms with van der Waals surface area (Å²) in [6.45, 7) is -0.559. The van der Waals surface area contributed by atoms with Gasteiger partial charge in [0.05, 0.1) is 22.1 Å². The van der Waals surface area contributed by atoms with Crippen molar-refractivity contribution in [3.05, 3.63) is 289 Å². The minimum atomic E-state index is -0.280. The van der Waals surface area contributed by atoms with Crippen LogP contribution in [0, 0.1) is 0 Å². The first-order chi connectivity index (χ1) is 41.1. The van der Waals surface area contributed by atoms with Crippen molar-refractivity contribution in [1.29, 1.82) is 0 Å². The second-order valence-corrected chi connectivity index (χ2v) is 21.5. The van der Waals surface area contributed by atoms with E-state index in [-0.39, 0.29) is 18.9 Å². The summed E-state index contributed by atoms with van der Waals surface area (Å²) in [5.41, 5.74) is 18.8. The highest BCUT2D eigenvalue weighted by Gasteiger charge is 2.45. The molecule has 0 atom stereocenters. The number of anilines is 12. The van der Waals surface area contributed by atoms with Gasteiger partial charge in [-0.3, -0.25) is 4.79 Å². The molecule has 388 valence electrons. The predicted octanol–water partition coefficient (Wildman–Crippen LogP) is 14.7. The van der Waals surface area contributed by atoms with Crippen molar-refractivity contribution in [1.82, 2.24) is 0 Å². The van der Waals surface area contributed by atoms with Crippen molar-refractivity contribution < 1.29 is 13.9 Å². The van der Waals surface area contributed by atoms with Crippen molar-refractivity contribution >= 4 is 136 Å². The van der Waals surface area contributed by atoms with Crippen molar-refractivity contribution in [2.75, 3.05) is 19.6 Å². The number of rotatable bonds is 8. The van der Waals surface area contributed by atoms with Crippen molar-refractivity contribution in [3.63, 3.8) is 0 Å². The fourth-order valence-electron chi connectivity index (χ4n) is 13.4. The lowest BCUT2D eigenvalue weighted by atomic mass is 9.34. The quantitative estimate of drug-likeness (QED) is 0.110. The van der Waals surface area contributed by atoms with Gasteiger partial charge in [-0.2, -0.15) is 0 Å². The molecule has 17 rings (SSSR count). The fraction of sp³-hybridized carbons (Fsp3) is 0. The van der Waals surface area contributed by atoms with Crippen LogP contribution in [0.2, 0.25) is 0 Å². The van der Waals surface area contributed by atoms with E-state index in [0.29, 0.717) is 33.4 Å². The zero-order chi connectivity index (χ0) is 54.7. The Balaban J connectivity index is 0.863. The Morgan fingerprint density at radius 2 is 0.639 bits per heavy atom. The first-order valence-electron chi connectivity index (χ1n) is 28.1. The molecule has 0 N–H and O–H groups in total. The first kappa shape index (κ1) is 46.9. The lowest BCUT2D eigenvalue weighted by Crippen LogP contribution is -2.59. The zero-order valence-corrected chi connectivity index (χ0v) is 44.6. The maximum absolute atomic E-state index is 15.7. The van der Waals surface area contributed by atoms with Crippen LogP contribution in [0.15, 0.2) is 288 Å². The van der Waals surface area contributed by atoms with Crippen molar-refractivity contribution in [2.45, 2.75) is 0 Å². The smallest absolute Gasteiger partial charge is 0.256 e. The standard InChI is InChI=1S/C73H46B2N4O4/c80-73-55-43-59-67(82-69-41-53(76(47-23-7-1-8-24-47)48-25-9-2-10-26-48)39-63-71(69)74(59)57-35-19-21-37-61(57)78(63)51-31-15-5-16-32-51)45-65(55)81-66-46-68-60(44-56(66)73)75-58-36-20-22-38-62(58)79(52-33-17-6-18-34-52)64-40-54(42-70(83-68)72(64)75)77(49-27-11-3-12-28-49)50-29-13-4-14-30-50/h1-46H. The summed E-state index contributed by atoms with van der Waals surface area (Å²) in [4.78, 5) is 24.9. The van der Waals surface area contributed by atoms with Crippen LogP contribution >= 0.6 is 0 Å². The molecule has 13 aromatic rings. The Morgan fingerprint density at radius 1 is 0.301 bits per heavy atom. The Hall–Kier alpha value is -11.0. The van der Waals surface area contributed by atoms with E-state index in [9.17, 15) is 0 Å². The molecule has 5 heterocycles. The van der Waals surface area contributed by atoms with E-state index in [0.717, 1.165) is 113 Å². The van der Waals surface area contributed by atoms with Gasteiger partial charge in [-0.05, 0) is 142 Å². The van der Waals surface area contributed by atoms with Gasteiger partial charge in [0, 0.05) is 81.1 Å². The minimum Gasteiger partial charge on any atom is -0.458 e. The van der Waals surface area contributed by atoms with Crippen LogP contribution < -0.4 is 67.3 Å². The SMILES string of the molecule is O=c1c2cc3c(cc2oc2cc4c(cc12)B1c2ccccc2N(c2ccccc2)c2cc(N(c5ccccc5)c5ccccc5)cc(c21)O4)Oc1cc(N(c2ccccc2)c2ccccc2)cc2c1B3c1ccccc1N2c1ccccc1. The molecule has 83 heavy (non-hydrogen) atoms. The number of para-hydroxylation sites is 8. The molecule has 4 aliphatic heterocycles. The topological polar surface area (TPSA) is 61.6 Å². The van der Waals surface area contributed by atoms with Crippen molar-refractivity contribution in [2.24, 2.45) is 0 Å². The molecule has 1 aromatic heterocycles. The van der Waals surface area contributed by atoms with E-state index >= 15 is 4.79 Å². The molecule has 0 fully saturated rings. The summed E-state index contributed by atoms with van der Waals surface area (Å²) in [6, 6.07) is 96.8. The molecular weight excluding hydrogens is 1020 g/mol. The number of hydrogen-bond donors (Lipinski definition) is 0. The van der Waals surface area contributed by atoms with Crippen LogP contribution in [-0.4, -0.2) is 13.4 Å². The molecule has 0 saturated carbocycles. The Kier molecular flexibility index (Phi) is 10.5. The van der Waals surface area contributed by atoms with Crippen LogP contribution in [0.4, 0.5) is 68.2 Å². The number of ether oxygens (including phenoxy) is 2. The van der Waals surface area contributed by atoms with E-state index in [1.807, 2.05) is 48.5 Å². The molecule has 0 amide bonds. The molecule has 8 nitrogen and oxygen atoms in total. The molecule has 0 aliphatic carbocycles. The molecule has 0 bridgehead atoms. The average Bonchev–Trinajstić information content (AvgIpc) is 2.31. The van der Waals surface area contributed by atoms with Gasteiger partial charge in [0.15, 0.2) is 5.43 Å². The summed E-state index contributed by atoms with van der Waals surface area (Å²) in [5, 5.41) is 0.958. The average molecular weight is 1060 g/mol. The second kappa shape index (κ2) is 18.6. The van der Waals surface area contributed by atoms with Crippen LogP contribution in [0.25, 0.3) is 21.9 Å². The Morgan fingerprint density at radius 3 is 1.01 bits per heavy atom. The lowest BCUT2D eigenvalue weighted by molar-refractivity contribution is 0.485. The Bertz CT molecular complexity index is 4420. The summed E-state index contributed by atoms with van der Waals surface area (Å²) >= 11 is 0. The van der Waals surface area contributed by atoms with Gasteiger partial charge >= 0.3 is 0 Å². The van der Waals surface area contributed by atoms with E-state index in [2.05, 4.69) is 250 Å². The van der Waals surface area contributed by atoms with Crippen LogP contribution in [0.3, 0.4) is 0 Å². The van der Waals surface area contributed by atoms with E-state index in [4.69, 9.17) is 13.9 Å². The summed E-state index contributed by atoms with van der Waals surface area (Å²) in [7, 11) is 0. The van der Waals surface area contributed by atoms with E-state index < -0.39 is 0 Å². The highest BCUT2D eigenvalue weighted by atomic mass is 16.5.